The van der Waals surface area contributed by atoms with E-state index in [1.807, 2.05) is 22.6 Å². The Balaban J connectivity index is 3.34. The lowest BCUT2D eigenvalue weighted by molar-refractivity contribution is -0.387. The van der Waals surface area contributed by atoms with Crippen molar-refractivity contribution >= 4 is 38.3 Å². The van der Waals surface area contributed by atoms with Gasteiger partial charge in [0.05, 0.1) is 4.92 Å². The molecule has 0 atom stereocenters. The van der Waals surface area contributed by atoms with Crippen LogP contribution in [0.25, 0.3) is 0 Å². The highest BCUT2D eigenvalue weighted by Gasteiger charge is 2.27. The predicted octanol–water partition coefficient (Wildman–Crippen LogP) is 1.62. The molecule has 6 nitrogen and oxygen atoms in total. The normalized spacial score (nSPS) is 11.4. The molecule has 17 heavy (non-hydrogen) atoms. The van der Waals surface area contributed by atoms with Gasteiger partial charge in [0, 0.05) is 17.0 Å². The maximum Gasteiger partial charge on any atom is 0.289 e. The Morgan fingerprint density at radius 1 is 1.47 bits per heavy atom. The first-order valence-corrected chi connectivity index (χ1v) is 7.70. The molecule has 0 amide bonds. The highest BCUT2D eigenvalue weighted by molar-refractivity contribution is 14.1. The minimum Gasteiger partial charge on any atom is -0.258 e. The average Bonchev–Trinajstić information content (AvgIpc) is 2.25. The van der Waals surface area contributed by atoms with Crippen LogP contribution < -0.4 is 4.72 Å². The Labute approximate surface area is 113 Å². The van der Waals surface area contributed by atoms with Crippen LogP contribution in [-0.2, 0) is 10.0 Å². The Kier molecular flexibility index (Phi) is 4.83. The van der Waals surface area contributed by atoms with Gasteiger partial charge >= 0.3 is 0 Å². The minimum absolute atomic E-state index is 0.244. The molecule has 0 aliphatic carbocycles. The van der Waals surface area contributed by atoms with Gasteiger partial charge in [-0.25, -0.2) is 13.1 Å². The summed E-state index contributed by atoms with van der Waals surface area (Å²) in [4.78, 5) is 9.86. The standard InChI is InChI=1S/C9H11IN2O4S/c1-7-3-2-4-8(12(13)14)9(7)17(15,16)11-6-5-10/h2-4,11H,5-6H2,1H3. The van der Waals surface area contributed by atoms with Crippen molar-refractivity contribution in [3.05, 3.63) is 33.9 Å². The maximum atomic E-state index is 11.9. The van der Waals surface area contributed by atoms with Gasteiger partial charge in [-0.05, 0) is 12.5 Å². The Morgan fingerprint density at radius 2 is 2.12 bits per heavy atom. The SMILES string of the molecule is Cc1cccc([N+](=O)[O-])c1S(=O)(=O)NCCI. The molecular formula is C9H11IN2O4S. The molecule has 8 heteroatoms. The smallest absolute Gasteiger partial charge is 0.258 e. The van der Waals surface area contributed by atoms with Gasteiger partial charge in [0.2, 0.25) is 10.0 Å². The van der Waals surface area contributed by atoms with Crippen LogP contribution in [-0.4, -0.2) is 24.3 Å². The molecule has 0 saturated carbocycles. The fourth-order valence-electron chi connectivity index (χ4n) is 1.38. The summed E-state index contributed by atoms with van der Waals surface area (Å²) in [5.41, 5.74) is -0.0360. The average molecular weight is 370 g/mol. The molecule has 1 aromatic rings. The van der Waals surface area contributed by atoms with E-state index in [1.54, 1.807) is 0 Å². The number of nitrogens with zero attached hydrogens (tertiary/aromatic N) is 1. The van der Waals surface area contributed by atoms with E-state index in [0.29, 0.717) is 9.99 Å². The summed E-state index contributed by atoms with van der Waals surface area (Å²) >= 11 is 2.02. The first kappa shape index (κ1) is 14.3. The quantitative estimate of drug-likeness (QED) is 0.369. The van der Waals surface area contributed by atoms with Crippen LogP contribution in [0.4, 0.5) is 5.69 Å². The number of nitrogens with one attached hydrogen (secondary N) is 1. The molecule has 1 aromatic carbocycles. The molecule has 0 fully saturated rings. The molecule has 1 rings (SSSR count). The summed E-state index contributed by atoms with van der Waals surface area (Å²) in [5.74, 6) is 0. The zero-order chi connectivity index (χ0) is 13.1. The fourth-order valence-corrected chi connectivity index (χ4v) is 3.44. The fraction of sp³-hybridized carbons (Fsp3) is 0.333. The molecule has 0 spiro atoms. The molecule has 0 radical (unpaired) electrons. The van der Waals surface area contributed by atoms with E-state index >= 15 is 0 Å². The van der Waals surface area contributed by atoms with Gasteiger partial charge in [0.25, 0.3) is 5.69 Å². The summed E-state index contributed by atoms with van der Waals surface area (Å²) in [7, 11) is -3.83. The first-order valence-electron chi connectivity index (χ1n) is 4.70. The minimum atomic E-state index is -3.83. The number of sulfonamides is 1. The zero-order valence-corrected chi connectivity index (χ0v) is 12.0. The van der Waals surface area contributed by atoms with Crippen LogP contribution >= 0.6 is 22.6 Å². The summed E-state index contributed by atoms with van der Waals surface area (Å²) in [5, 5.41) is 10.8. The number of alkyl halides is 1. The highest BCUT2D eigenvalue weighted by Crippen LogP contribution is 2.26. The van der Waals surface area contributed by atoms with Crippen LogP contribution in [0.3, 0.4) is 0 Å². The number of hydrogen-bond donors (Lipinski definition) is 1. The van der Waals surface area contributed by atoms with Crippen molar-refractivity contribution in [3.8, 4) is 0 Å². The molecule has 0 aromatic heterocycles. The number of rotatable bonds is 5. The van der Waals surface area contributed by atoms with Crippen LogP contribution in [0.1, 0.15) is 5.56 Å². The highest BCUT2D eigenvalue weighted by atomic mass is 127. The summed E-state index contributed by atoms with van der Waals surface area (Å²) in [6, 6.07) is 4.18. The van der Waals surface area contributed by atoms with Crippen molar-refractivity contribution < 1.29 is 13.3 Å². The number of halogens is 1. The van der Waals surface area contributed by atoms with E-state index < -0.39 is 20.6 Å². The van der Waals surface area contributed by atoms with E-state index in [0.717, 1.165) is 0 Å². The Morgan fingerprint density at radius 3 is 2.65 bits per heavy atom. The van der Waals surface area contributed by atoms with Gasteiger partial charge in [-0.1, -0.05) is 34.7 Å². The van der Waals surface area contributed by atoms with E-state index in [2.05, 4.69) is 4.72 Å². The zero-order valence-electron chi connectivity index (χ0n) is 9.01. The van der Waals surface area contributed by atoms with Gasteiger partial charge in [0.1, 0.15) is 0 Å². The van der Waals surface area contributed by atoms with Crippen LogP contribution in [0.15, 0.2) is 23.1 Å². The third-order valence-electron chi connectivity index (χ3n) is 2.04. The monoisotopic (exact) mass is 370 g/mol. The molecule has 1 N–H and O–H groups in total. The van der Waals surface area contributed by atoms with Gasteiger partial charge in [-0.2, -0.15) is 0 Å². The molecule has 0 heterocycles. The topological polar surface area (TPSA) is 89.3 Å². The number of nitro benzene ring substituents is 1. The van der Waals surface area contributed by atoms with Crippen LogP contribution in [0, 0.1) is 17.0 Å². The van der Waals surface area contributed by atoms with Gasteiger partial charge in [-0.15, -0.1) is 0 Å². The van der Waals surface area contributed by atoms with Crippen molar-refractivity contribution in [1.29, 1.82) is 0 Å². The Bertz CT molecular complexity index is 530. The second kappa shape index (κ2) is 5.74. The molecule has 0 bridgehead atoms. The summed E-state index contributed by atoms with van der Waals surface area (Å²) in [6.07, 6.45) is 0. The number of nitro groups is 1. The van der Waals surface area contributed by atoms with Crippen LogP contribution in [0.2, 0.25) is 0 Å². The van der Waals surface area contributed by atoms with Gasteiger partial charge in [0.15, 0.2) is 4.90 Å². The van der Waals surface area contributed by atoms with E-state index in [1.165, 1.54) is 25.1 Å². The molecule has 0 aliphatic heterocycles. The van der Waals surface area contributed by atoms with Crippen molar-refractivity contribution in [2.24, 2.45) is 0 Å². The van der Waals surface area contributed by atoms with Crippen molar-refractivity contribution in [2.75, 3.05) is 11.0 Å². The second-order valence-electron chi connectivity index (χ2n) is 3.27. The molecule has 0 saturated heterocycles. The third-order valence-corrected chi connectivity index (χ3v) is 4.24. The maximum absolute atomic E-state index is 11.9. The third kappa shape index (κ3) is 3.36. The summed E-state index contributed by atoms with van der Waals surface area (Å²) in [6.45, 7) is 1.78. The number of benzene rings is 1. The van der Waals surface area contributed by atoms with Gasteiger partial charge in [-0.3, -0.25) is 10.1 Å². The number of hydrogen-bond acceptors (Lipinski definition) is 4. The Hall–Kier alpha value is -0.740. The molecule has 94 valence electrons. The lowest BCUT2D eigenvalue weighted by Crippen LogP contribution is -2.26. The van der Waals surface area contributed by atoms with Crippen molar-refractivity contribution in [1.82, 2.24) is 4.72 Å². The van der Waals surface area contributed by atoms with Gasteiger partial charge < -0.3 is 0 Å². The lowest BCUT2D eigenvalue weighted by Gasteiger charge is -2.08. The largest absolute Gasteiger partial charge is 0.289 e. The van der Waals surface area contributed by atoms with Crippen LogP contribution in [0.5, 0.6) is 0 Å². The lowest BCUT2D eigenvalue weighted by atomic mass is 10.2. The number of aryl methyl sites for hydroxylation is 1. The van der Waals surface area contributed by atoms with E-state index in [4.69, 9.17) is 0 Å². The molecule has 0 unspecified atom stereocenters. The van der Waals surface area contributed by atoms with Crippen molar-refractivity contribution in [2.45, 2.75) is 11.8 Å². The summed E-state index contributed by atoms with van der Waals surface area (Å²) < 4.78 is 26.8. The molecular weight excluding hydrogens is 359 g/mol. The van der Waals surface area contributed by atoms with E-state index in [9.17, 15) is 18.5 Å². The van der Waals surface area contributed by atoms with Crippen molar-refractivity contribution in [3.63, 3.8) is 0 Å². The van der Waals surface area contributed by atoms with E-state index in [-0.39, 0.29) is 11.4 Å². The molecule has 0 aliphatic rings. The second-order valence-corrected chi connectivity index (χ2v) is 6.05. The predicted molar refractivity (Wildman–Crippen MR) is 71.9 cm³/mol. The first-order chi connectivity index (χ1) is 7.90.